The van der Waals surface area contributed by atoms with E-state index in [2.05, 4.69) is 24.3 Å². The Kier molecular flexibility index (Phi) is 5.88. The fraction of sp³-hybridized carbons (Fsp3) is 0.0870. The second-order valence-electron chi connectivity index (χ2n) is 6.17. The van der Waals surface area contributed by atoms with Gasteiger partial charge in [-0.2, -0.15) is 0 Å². The summed E-state index contributed by atoms with van der Waals surface area (Å²) in [5.74, 6) is -0.422. The van der Waals surface area contributed by atoms with Gasteiger partial charge in [-0.25, -0.2) is 0 Å². The number of halogens is 1. The Bertz CT molecular complexity index is 856. The minimum atomic E-state index is -0.422. The summed E-state index contributed by atoms with van der Waals surface area (Å²) in [5, 5.41) is 0.630. The van der Waals surface area contributed by atoms with E-state index < -0.39 is 5.91 Å². The van der Waals surface area contributed by atoms with Crippen molar-refractivity contribution < 1.29 is 4.79 Å². The number of amides is 1. The van der Waals surface area contributed by atoms with Crippen LogP contribution in [0.15, 0.2) is 90.5 Å². The van der Waals surface area contributed by atoms with Crippen LogP contribution in [0.5, 0.6) is 0 Å². The van der Waals surface area contributed by atoms with E-state index in [0.717, 1.165) is 22.3 Å². The van der Waals surface area contributed by atoms with Gasteiger partial charge in [0.25, 0.3) is 0 Å². The molecule has 0 heterocycles. The van der Waals surface area contributed by atoms with E-state index in [4.69, 9.17) is 17.3 Å². The quantitative estimate of drug-likeness (QED) is 0.612. The highest BCUT2D eigenvalue weighted by molar-refractivity contribution is 6.30. The molecule has 3 rings (SSSR count). The van der Waals surface area contributed by atoms with Crippen LogP contribution in [0.25, 0.3) is 5.57 Å². The number of nitrogens with two attached hydrogens (primary N) is 1. The molecule has 0 bridgehead atoms. The van der Waals surface area contributed by atoms with Gasteiger partial charge in [-0.3, -0.25) is 4.79 Å². The molecule has 0 radical (unpaired) electrons. The summed E-state index contributed by atoms with van der Waals surface area (Å²) in [7, 11) is 0. The minimum Gasteiger partial charge on any atom is -0.366 e. The standard InChI is InChI=1S/C23H20ClNO/c24-21-13-11-19(12-14-21)22(23(25)26)20(15-17-7-3-1-4-8-17)16-18-9-5-2-6-10-18/h1-14H,15-16H2,(H2,25,26). The molecule has 2 N–H and O–H groups in total. The predicted molar refractivity (Wildman–Crippen MR) is 108 cm³/mol. The fourth-order valence-electron chi connectivity index (χ4n) is 3.06. The maximum atomic E-state index is 12.3. The molecule has 2 nitrogen and oxygen atoms in total. The molecular weight excluding hydrogens is 342 g/mol. The van der Waals surface area contributed by atoms with Crippen LogP contribution in [0.2, 0.25) is 5.02 Å². The lowest BCUT2D eigenvalue weighted by atomic mass is 9.90. The van der Waals surface area contributed by atoms with Gasteiger partial charge in [0.05, 0.1) is 0 Å². The first kappa shape index (κ1) is 18.0. The van der Waals surface area contributed by atoms with Crippen LogP contribution in [-0.4, -0.2) is 5.91 Å². The molecule has 0 aliphatic carbocycles. The first-order chi connectivity index (χ1) is 12.6. The molecule has 0 fully saturated rings. The smallest absolute Gasteiger partial charge is 0.249 e. The van der Waals surface area contributed by atoms with Crippen LogP contribution >= 0.6 is 11.6 Å². The molecule has 3 aromatic rings. The van der Waals surface area contributed by atoms with Crippen molar-refractivity contribution in [2.45, 2.75) is 12.8 Å². The topological polar surface area (TPSA) is 43.1 Å². The molecule has 130 valence electrons. The third kappa shape index (κ3) is 4.62. The summed E-state index contributed by atoms with van der Waals surface area (Å²) in [6.45, 7) is 0. The molecule has 0 aromatic heterocycles. The van der Waals surface area contributed by atoms with E-state index in [0.29, 0.717) is 23.4 Å². The van der Waals surface area contributed by atoms with E-state index in [-0.39, 0.29) is 0 Å². The lowest BCUT2D eigenvalue weighted by Gasteiger charge is -2.15. The number of rotatable bonds is 6. The molecule has 0 atom stereocenters. The molecule has 0 unspecified atom stereocenters. The zero-order valence-electron chi connectivity index (χ0n) is 14.4. The van der Waals surface area contributed by atoms with Crippen molar-refractivity contribution in [2.75, 3.05) is 0 Å². The van der Waals surface area contributed by atoms with Crippen LogP contribution in [0.4, 0.5) is 0 Å². The molecule has 0 saturated carbocycles. The highest BCUT2D eigenvalue weighted by Gasteiger charge is 2.16. The molecule has 0 aliphatic rings. The van der Waals surface area contributed by atoms with Crippen molar-refractivity contribution in [1.82, 2.24) is 0 Å². The van der Waals surface area contributed by atoms with Gasteiger partial charge in [-0.05, 0) is 47.2 Å². The van der Waals surface area contributed by atoms with Crippen LogP contribution in [-0.2, 0) is 17.6 Å². The molecular formula is C23H20ClNO. The lowest BCUT2D eigenvalue weighted by Crippen LogP contribution is -2.17. The maximum Gasteiger partial charge on any atom is 0.249 e. The number of hydrogen-bond acceptors (Lipinski definition) is 1. The number of allylic oxidation sites excluding steroid dienone is 1. The first-order valence-electron chi connectivity index (χ1n) is 8.49. The largest absolute Gasteiger partial charge is 0.366 e. The molecule has 3 aromatic carbocycles. The average molecular weight is 362 g/mol. The number of hydrogen-bond donors (Lipinski definition) is 1. The Morgan fingerprint density at radius 2 is 1.19 bits per heavy atom. The van der Waals surface area contributed by atoms with Gasteiger partial charge in [0.2, 0.25) is 5.91 Å². The Morgan fingerprint density at radius 3 is 1.62 bits per heavy atom. The SMILES string of the molecule is NC(=O)C(=C(Cc1ccccc1)Cc1ccccc1)c1ccc(Cl)cc1. The second kappa shape index (κ2) is 8.50. The molecule has 3 heteroatoms. The van der Waals surface area contributed by atoms with E-state index in [9.17, 15) is 4.79 Å². The zero-order valence-corrected chi connectivity index (χ0v) is 15.1. The molecule has 0 aliphatic heterocycles. The minimum absolute atomic E-state index is 0.422. The molecule has 0 saturated heterocycles. The van der Waals surface area contributed by atoms with Crippen LogP contribution in [0.1, 0.15) is 16.7 Å². The summed E-state index contributed by atoms with van der Waals surface area (Å²) in [4.78, 5) is 12.3. The number of benzene rings is 3. The highest BCUT2D eigenvalue weighted by Crippen LogP contribution is 2.26. The predicted octanol–water partition coefficient (Wildman–Crippen LogP) is 5.06. The Morgan fingerprint density at radius 1 is 0.731 bits per heavy atom. The van der Waals surface area contributed by atoms with Crippen molar-refractivity contribution in [3.8, 4) is 0 Å². The summed E-state index contributed by atoms with van der Waals surface area (Å²) in [5.41, 5.74) is 10.4. The summed E-state index contributed by atoms with van der Waals surface area (Å²) < 4.78 is 0. The fourth-order valence-corrected chi connectivity index (χ4v) is 3.19. The van der Waals surface area contributed by atoms with Gasteiger partial charge in [0, 0.05) is 10.6 Å². The average Bonchev–Trinajstić information content (AvgIpc) is 2.65. The normalized spacial score (nSPS) is 10.3. The van der Waals surface area contributed by atoms with Gasteiger partial charge in [0.1, 0.15) is 0 Å². The van der Waals surface area contributed by atoms with Crippen LogP contribution in [0, 0.1) is 0 Å². The summed E-state index contributed by atoms with van der Waals surface area (Å²) >= 11 is 6.00. The van der Waals surface area contributed by atoms with Crippen molar-refractivity contribution in [3.63, 3.8) is 0 Å². The van der Waals surface area contributed by atoms with Gasteiger partial charge in [0.15, 0.2) is 0 Å². The monoisotopic (exact) mass is 361 g/mol. The van der Waals surface area contributed by atoms with Gasteiger partial charge in [-0.15, -0.1) is 0 Å². The summed E-state index contributed by atoms with van der Waals surface area (Å²) in [6.07, 6.45) is 1.33. The van der Waals surface area contributed by atoms with Gasteiger partial charge >= 0.3 is 0 Å². The third-order valence-corrected chi connectivity index (χ3v) is 4.51. The Hall–Kier alpha value is -2.84. The Labute approximate surface area is 158 Å². The van der Waals surface area contributed by atoms with E-state index in [1.807, 2.05) is 48.5 Å². The van der Waals surface area contributed by atoms with Gasteiger partial charge < -0.3 is 5.73 Å². The van der Waals surface area contributed by atoms with Gasteiger partial charge in [-0.1, -0.05) is 84.4 Å². The van der Waals surface area contributed by atoms with E-state index in [1.165, 1.54) is 0 Å². The van der Waals surface area contributed by atoms with E-state index in [1.54, 1.807) is 12.1 Å². The van der Waals surface area contributed by atoms with Crippen molar-refractivity contribution >= 4 is 23.1 Å². The van der Waals surface area contributed by atoms with E-state index >= 15 is 0 Å². The Balaban J connectivity index is 2.09. The third-order valence-electron chi connectivity index (χ3n) is 4.25. The van der Waals surface area contributed by atoms with Crippen LogP contribution in [0.3, 0.4) is 0 Å². The maximum absolute atomic E-state index is 12.3. The summed E-state index contributed by atoms with van der Waals surface area (Å²) in [6, 6.07) is 27.5. The van der Waals surface area contributed by atoms with Crippen LogP contribution < -0.4 is 5.73 Å². The first-order valence-corrected chi connectivity index (χ1v) is 8.87. The molecule has 26 heavy (non-hydrogen) atoms. The number of carbonyl (C=O) groups excluding carboxylic acids is 1. The zero-order chi connectivity index (χ0) is 18.4. The van der Waals surface area contributed by atoms with Crippen molar-refractivity contribution in [2.24, 2.45) is 5.73 Å². The van der Waals surface area contributed by atoms with Crippen molar-refractivity contribution in [3.05, 3.63) is 112 Å². The lowest BCUT2D eigenvalue weighted by molar-refractivity contribution is -0.112. The second-order valence-corrected chi connectivity index (χ2v) is 6.61. The molecule has 1 amide bonds. The number of carbonyl (C=O) groups is 1. The highest BCUT2D eigenvalue weighted by atomic mass is 35.5. The molecule has 0 spiro atoms. The van der Waals surface area contributed by atoms with Crippen molar-refractivity contribution in [1.29, 1.82) is 0 Å². The number of primary amides is 1.